The van der Waals surface area contributed by atoms with Gasteiger partial charge in [0.05, 0.1) is 5.56 Å². The zero-order valence-electron chi connectivity index (χ0n) is 17.5. The van der Waals surface area contributed by atoms with Crippen LogP contribution in [0.1, 0.15) is 40.9 Å². The van der Waals surface area contributed by atoms with Gasteiger partial charge in [-0.05, 0) is 65.6 Å². The standard InChI is InChI=1S/C23H19F3N2O.C2H6/c24-23(25,26)18-8-5-15(6-9-18)20-3-1-2-4-21(20)22(29)28-19-10-7-17-14-27-12-11-16(17)13-19;1-2/h1-10,13,27H,11-12,14H2,(H,28,29);1-2H3. The van der Waals surface area contributed by atoms with Crippen LogP contribution in [0.25, 0.3) is 11.1 Å². The first-order valence-electron chi connectivity index (χ1n) is 10.3. The lowest BCUT2D eigenvalue weighted by Gasteiger charge is -2.18. The summed E-state index contributed by atoms with van der Waals surface area (Å²) in [6.07, 6.45) is -3.49. The fourth-order valence-corrected chi connectivity index (χ4v) is 3.53. The average Bonchev–Trinajstić information content (AvgIpc) is 2.80. The second kappa shape index (κ2) is 9.79. The van der Waals surface area contributed by atoms with Crippen LogP contribution in [0, 0.1) is 0 Å². The van der Waals surface area contributed by atoms with Crippen molar-refractivity contribution in [3.05, 3.63) is 89.0 Å². The highest BCUT2D eigenvalue weighted by atomic mass is 19.4. The lowest BCUT2D eigenvalue weighted by Crippen LogP contribution is -2.23. The minimum absolute atomic E-state index is 0.297. The van der Waals surface area contributed by atoms with Crippen molar-refractivity contribution in [3.63, 3.8) is 0 Å². The molecule has 0 radical (unpaired) electrons. The van der Waals surface area contributed by atoms with Crippen LogP contribution in [0.5, 0.6) is 0 Å². The van der Waals surface area contributed by atoms with Gasteiger partial charge in [-0.15, -0.1) is 0 Å². The van der Waals surface area contributed by atoms with E-state index in [9.17, 15) is 18.0 Å². The summed E-state index contributed by atoms with van der Waals surface area (Å²) >= 11 is 0. The Hall–Kier alpha value is -3.12. The SMILES string of the molecule is CC.O=C(Nc1ccc2c(c1)CCNC2)c1ccccc1-c1ccc(C(F)(F)F)cc1. The van der Waals surface area contributed by atoms with Crippen LogP contribution in [0.4, 0.5) is 18.9 Å². The van der Waals surface area contributed by atoms with Gasteiger partial charge in [0.15, 0.2) is 0 Å². The van der Waals surface area contributed by atoms with Crippen molar-refractivity contribution in [3.8, 4) is 11.1 Å². The van der Waals surface area contributed by atoms with E-state index in [0.29, 0.717) is 22.4 Å². The van der Waals surface area contributed by atoms with Gasteiger partial charge in [0.1, 0.15) is 0 Å². The molecule has 4 rings (SSSR count). The third-order valence-electron chi connectivity index (χ3n) is 5.05. The van der Waals surface area contributed by atoms with Crippen LogP contribution in [0.15, 0.2) is 66.7 Å². The van der Waals surface area contributed by atoms with Crippen molar-refractivity contribution in [2.75, 3.05) is 11.9 Å². The van der Waals surface area contributed by atoms with E-state index in [4.69, 9.17) is 0 Å². The van der Waals surface area contributed by atoms with Crippen LogP contribution in [0.2, 0.25) is 0 Å². The molecule has 0 aliphatic carbocycles. The molecule has 3 aromatic rings. The highest BCUT2D eigenvalue weighted by Crippen LogP contribution is 2.32. The largest absolute Gasteiger partial charge is 0.416 e. The third-order valence-corrected chi connectivity index (χ3v) is 5.05. The number of halogens is 3. The molecule has 1 amide bonds. The number of carbonyl (C=O) groups excluding carboxylic acids is 1. The number of carbonyl (C=O) groups is 1. The highest BCUT2D eigenvalue weighted by Gasteiger charge is 2.30. The molecule has 3 nitrogen and oxygen atoms in total. The van der Waals surface area contributed by atoms with Crippen LogP contribution in [-0.4, -0.2) is 12.5 Å². The van der Waals surface area contributed by atoms with Crippen molar-refractivity contribution in [1.29, 1.82) is 0 Å². The predicted molar refractivity (Wildman–Crippen MR) is 118 cm³/mol. The Morgan fingerprint density at radius 3 is 2.35 bits per heavy atom. The molecule has 0 atom stereocenters. The molecule has 31 heavy (non-hydrogen) atoms. The number of alkyl halides is 3. The third kappa shape index (κ3) is 5.33. The number of hydrogen-bond acceptors (Lipinski definition) is 2. The number of fused-ring (bicyclic) bond motifs is 1. The Morgan fingerprint density at radius 1 is 0.935 bits per heavy atom. The van der Waals surface area contributed by atoms with E-state index in [1.54, 1.807) is 24.3 Å². The lowest BCUT2D eigenvalue weighted by atomic mass is 9.97. The maximum absolute atomic E-state index is 12.9. The minimum Gasteiger partial charge on any atom is -0.322 e. The first-order valence-corrected chi connectivity index (χ1v) is 10.3. The van der Waals surface area contributed by atoms with Gasteiger partial charge in [-0.3, -0.25) is 4.79 Å². The van der Waals surface area contributed by atoms with Gasteiger partial charge >= 0.3 is 6.18 Å². The zero-order valence-corrected chi connectivity index (χ0v) is 17.5. The van der Waals surface area contributed by atoms with Crippen LogP contribution < -0.4 is 10.6 Å². The summed E-state index contributed by atoms with van der Waals surface area (Å²) in [6.45, 7) is 5.72. The lowest BCUT2D eigenvalue weighted by molar-refractivity contribution is -0.137. The van der Waals surface area contributed by atoms with Crippen LogP contribution in [0.3, 0.4) is 0 Å². The maximum atomic E-state index is 12.9. The number of hydrogen-bond donors (Lipinski definition) is 2. The molecule has 0 saturated carbocycles. The van der Waals surface area contributed by atoms with E-state index >= 15 is 0 Å². The number of anilines is 1. The molecule has 0 aromatic heterocycles. The molecule has 0 bridgehead atoms. The van der Waals surface area contributed by atoms with E-state index < -0.39 is 11.7 Å². The second-order valence-electron chi connectivity index (χ2n) is 6.99. The molecule has 1 heterocycles. The van der Waals surface area contributed by atoms with Crippen LogP contribution in [-0.2, 0) is 19.1 Å². The summed E-state index contributed by atoms with van der Waals surface area (Å²) in [4.78, 5) is 12.9. The Kier molecular flexibility index (Phi) is 7.13. The van der Waals surface area contributed by atoms with E-state index in [0.717, 1.165) is 31.6 Å². The predicted octanol–water partition coefficient (Wildman–Crippen LogP) is 6.30. The number of benzene rings is 3. The molecular weight excluding hydrogens is 401 g/mol. The molecule has 0 spiro atoms. The number of amides is 1. The van der Waals surface area contributed by atoms with Gasteiger partial charge in [-0.25, -0.2) is 0 Å². The summed E-state index contributed by atoms with van der Waals surface area (Å²) in [6, 6.07) is 17.6. The van der Waals surface area contributed by atoms with E-state index in [1.807, 2.05) is 32.0 Å². The molecule has 3 aromatic carbocycles. The first-order chi connectivity index (χ1) is 14.9. The van der Waals surface area contributed by atoms with Crippen molar-refractivity contribution in [1.82, 2.24) is 5.32 Å². The average molecular weight is 426 g/mol. The molecule has 0 saturated heterocycles. The van der Waals surface area contributed by atoms with Crippen molar-refractivity contribution >= 4 is 11.6 Å². The highest BCUT2D eigenvalue weighted by molar-refractivity contribution is 6.08. The van der Waals surface area contributed by atoms with Gasteiger partial charge in [0.2, 0.25) is 0 Å². The maximum Gasteiger partial charge on any atom is 0.416 e. The van der Waals surface area contributed by atoms with E-state index in [-0.39, 0.29) is 5.91 Å². The van der Waals surface area contributed by atoms with Crippen molar-refractivity contribution in [2.45, 2.75) is 33.0 Å². The summed E-state index contributed by atoms with van der Waals surface area (Å²) in [5.74, 6) is -0.297. The molecule has 162 valence electrons. The van der Waals surface area contributed by atoms with Gasteiger partial charge < -0.3 is 10.6 Å². The topological polar surface area (TPSA) is 41.1 Å². The van der Waals surface area contributed by atoms with Crippen LogP contribution >= 0.6 is 0 Å². The zero-order chi connectivity index (χ0) is 22.4. The molecular formula is C25H25F3N2O. The molecule has 6 heteroatoms. The fraction of sp³-hybridized carbons (Fsp3) is 0.240. The molecule has 1 aliphatic heterocycles. The summed E-state index contributed by atoms with van der Waals surface area (Å²) in [7, 11) is 0. The second-order valence-corrected chi connectivity index (χ2v) is 6.99. The Morgan fingerprint density at radius 2 is 1.65 bits per heavy atom. The quantitative estimate of drug-likeness (QED) is 0.516. The van der Waals surface area contributed by atoms with Gasteiger partial charge in [-0.1, -0.05) is 50.2 Å². The summed E-state index contributed by atoms with van der Waals surface area (Å²) in [5.41, 5.74) is 3.97. The van der Waals surface area contributed by atoms with E-state index in [1.165, 1.54) is 23.3 Å². The molecule has 0 fully saturated rings. The van der Waals surface area contributed by atoms with Gasteiger partial charge in [0, 0.05) is 17.8 Å². The minimum atomic E-state index is -4.39. The fourth-order valence-electron chi connectivity index (χ4n) is 3.53. The summed E-state index contributed by atoms with van der Waals surface area (Å²) < 4.78 is 38.5. The van der Waals surface area contributed by atoms with E-state index in [2.05, 4.69) is 10.6 Å². The first kappa shape index (κ1) is 22.6. The monoisotopic (exact) mass is 426 g/mol. The smallest absolute Gasteiger partial charge is 0.322 e. The molecule has 1 aliphatic rings. The van der Waals surface area contributed by atoms with Crippen molar-refractivity contribution < 1.29 is 18.0 Å². The molecule has 2 N–H and O–H groups in total. The number of nitrogens with one attached hydrogen (secondary N) is 2. The Bertz CT molecular complexity index is 1040. The Labute approximate surface area is 180 Å². The normalized spacial score (nSPS) is 12.9. The summed E-state index contributed by atoms with van der Waals surface area (Å²) in [5, 5.41) is 6.22. The molecule has 0 unspecified atom stereocenters. The van der Waals surface area contributed by atoms with Crippen molar-refractivity contribution in [2.24, 2.45) is 0 Å². The van der Waals surface area contributed by atoms with Gasteiger partial charge in [0.25, 0.3) is 5.91 Å². The number of rotatable bonds is 3. The Balaban J connectivity index is 0.00000132. The van der Waals surface area contributed by atoms with Gasteiger partial charge in [-0.2, -0.15) is 13.2 Å².